The van der Waals surface area contributed by atoms with Crippen LogP contribution in [0.4, 0.5) is 0 Å². The maximum absolute atomic E-state index is 12.8. The van der Waals surface area contributed by atoms with Crippen LogP contribution in [0.25, 0.3) is 0 Å². The van der Waals surface area contributed by atoms with Crippen LogP contribution in [0.5, 0.6) is 0 Å². The Labute approximate surface area is 135 Å². The van der Waals surface area contributed by atoms with Gasteiger partial charge in [0, 0.05) is 18.7 Å². The molecule has 1 aromatic heterocycles. The Balaban J connectivity index is 2.18. The van der Waals surface area contributed by atoms with Gasteiger partial charge in [-0.15, -0.1) is 0 Å². The van der Waals surface area contributed by atoms with Gasteiger partial charge in [-0.2, -0.15) is 4.31 Å². The second kappa shape index (κ2) is 7.26. The van der Waals surface area contributed by atoms with Gasteiger partial charge in [-0.25, -0.2) is 8.42 Å². The highest BCUT2D eigenvalue weighted by molar-refractivity contribution is 9.10. The predicted molar refractivity (Wildman–Crippen MR) is 85.6 cm³/mol. The van der Waals surface area contributed by atoms with E-state index in [4.69, 9.17) is 4.42 Å². The lowest BCUT2D eigenvalue weighted by molar-refractivity contribution is 0.401. The molecule has 0 saturated heterocycles. The van der Waals surface area contributed by atoms with E-state index < -0.39 is 10.0 Å². The van der Waals surface area contributed by atoms with Crippen molar-refractivity contribution in [3.05, 3.63) is 16.5 Å². The van der Waals surface area contributed by atoms with E-state index in [1.165, 1.54) is 0 Å². The summed E-state index contributed by atoms with van der Waals surface area (Å²) in [6, 6.07) is 1.80. The third-order valence-electron chi connectivity index (χ3n) is 3.42. The fraction of sp³-hybridized carbons (Fsp3) is 0.714. The molecule has 1 aliphatic rings. The minimum Gasteiger partial charge on any atom is -0.452 e. The number of halogens is 1. The summed E-state index contributed by atoms with van der Waals surface area (Å²) in [5.74, 6) is 0.640. The maximum atomic E-state index is 12.8. The van der Waals surface area contributed by atoms with Crippen molar-refractivity contribution in [3.63, 3.8) is 0 Å². The second-order valence-electron chi connectivity index (χ2n) is 5.37. The first-order valence-corrected chi connectivity index (χ1v) is 9.74. The fourth-order valence-electron chi connectivity index (χ4n) is 2.26. The Kier molecular flexibility index (Phi) is 5.88. The Hall–Kier alpha value is -0.370. The van der Waals surface area contributed by atoms with Gasteiger partial charge in [0.05, 0.1) is 6.54 Å². The van der Waals surface area contributed by atoms with Crippen LogP contribution in [0.15, 0.2) is 20.0 Å². The molecule has 0 unspecified atom stereocenters. The topological polar surface area (TPSA) is 62.6 Å². The standard InChI is InChI=1S/C14H23BrN2O3S/c1-3-7-16-10-12-9-13(14(15)20-12)21(18,19)17(8-4-2)11-5-6-11/h9,11,16H,3-8,10H2,1-2H3. The van der Waals surface area contributed by atoms with E-state index in [0.717, 1.165) is 32.2 Å². The number of nitrogens with zero attached hydrogens (tertiary/aromatic N) is 1. The van der Waals surface area contributed by atoms with Crippen molar-refractivity contribution >= 4 is 26.0 Å². The highest BCUT2D eigenvalue weighted by Crippen LogP contribution is 2.35. The first-order valence-electron chi connectivity index (χ1n) is 7.51. The van der Waals surface area contributed by atoms with E-state index in [-0.39, 0.29) is 10.9 Å². The average molecular weight is 379 g/mol. The monoisotopic (exact) mass is 378 g/mol. The van der Waals surface area contributed by atoms with Gasteiger partial charge < -0.3 is 9.73 Å². The third kappa shape index (κ3) is 4.09. The number of furan rings is 1. The zero-order valence-corrected chi connectivity index (χ0v) is 15.0. The number of hydrogen-bond donors (Lipinski definition) is 1. The summed E-state index contributed by atoms with van der Waals surface area (Å²) in [5, 5.41) is 3.21. The lowest BCUT2D eigenvalue weighted by Crippen LogP contribution is -2.33. The Morgan fingerprint density at radius 3 is 2.67 bits per heavy atom. The van der Waals surface area contributed by atoms with Crippen LogP contribution in [0.2, 0.25) is 0 Å². The van der Waals surface area contributed by atoms with Gasteiger partial charge in [-0.3, -0.25) is 0 Å². The van der Waals surface area contributed by atoms with Crippen LogP contribution < -0.4 is 5.32 Å². The van der Waals surface area contributed by atoms with E-state index in [1.807, 2.05) is 6.92 Å². The van der Waals surface area contributed by atoms with Crippen LogP contribution in [0.3, 0.4) is 0 Å². The largest absolute Gasteiger partial charge is 0.452 e. The Morgan fingerprint density at radius 1 is 1.38 bits per heavy atom. The quantitative estimate of drug-likeness (QED) is 0.670. The minimum absolute atomic E-state index is 0.165. The van der Waals surface area contributed by atoms with Crippen LogP contribution in [0.1, 0.15) is 45.3 Å². The van der Waals surface area contributed by atoms with Crippen LogP contribution in [-0.2, 0) is 16.6 Å². The average Bonchev–Trinajstić information content (AvgIpc) is 3.19. The summed E-state index contributed by atoms with van der Waals surface area (Å²) in [5.41, 5.74) is 0. The molecule has 1 saturated carbocycles. The summed E-state index contributed by atoms with van der Waals surface area (Å²) >= 11 is 3.25. The SMILES string of the molecule is CCCNCc1cc(S(=O)(=O)N(CCC)C2CC2)c(Br)o1. The van der Waals surface area contributed by atoms with Crippen molar-refractivity contribution in [2.75, 3.05) is 13.1 Å². The Bertz CT molecular complexity index is 567. The zero-order chi connectivity index (χ0) is 15.5. The molecule has 5 nitrogen and oxygen atoms in total. The van der Waals surface area contributed by atoms with Crippen LogP contribution in [0, 0.1) is 0 Å². The molecule has 1 fully saturated rings. The molecule has 1 aliphatic carbocycles. The minimum atomic E-state index is -3.48. The molecule has 0 spiro atoms. The molecule has 1 N–H and O–H groups in total. The summed E-state index contributed by atoms with van der Waals surface area (Å²) in [6.07, 6.45) is 3.76. The van der Waals surface area contributed by atoms with Gasteiger partial charge in [0.2, 0.25) is 10.0 Å². The van der Waals surface area contributed by atoms with Gasteiger partial charge in [-0.05, 0) is 48.2 Å². The second-order valence-corrected chi connectivity index (χ2v) is 7.95. The first kappa shape index (κ1) is 17.0. The lowest BCUT2D eigenvalue weighted by atomic mass is 10.4. The molecule has 1 aromatic rings. The van der Waals surface area contributed by atoms with Crippen molar-refractivity contribution in [3.8, 4) is 0 Å². The molecule has 0 aliphatic heterocycles. The highest BCUT2D eigenvalue weighted by Gasteiger charge is 2.39. The van der Waals surface area contributed by atoms with E-state index in [0.29, 0.717) is 23.5 Å². The van der Waals surface area contributed by atoms with Crippen molar-refractivity contribution in [2.45, 2.75) is 57.0 Å². The van der Waals surface area contributed by atoms with E-state index in [1.54, 1.807) is 10.4 Å². The molecule has 0 amide bonds. The molecule has 2 rings (SSSR count). The molecule has 0 bridgehead atoms. The molecule has 120 valence electrons. The predicted octanol–water partition coefficient (Wildman–Crippen LogP) is 3.10. The lowest BCUT2D eigenvalue weighted by Gasteiger charge is -2.20. The number of hydrogen-bond acceptors (Lipinski definition) is 4. The normalized spacial score (nSPS) is 15.8. The van der Waals surface area contributed by atoms with Crippen LogP contribution in [-0.4, -0.2) is 31.9 Å². The van der Waals surface area contributed by atoms with E-state index in [9.17, 15) is 8.42 Å². The summed E-state index contributed by atoms with van der Waals surface area (Å²) < 4.78 is 33.0. The number of sulfonamides is 1. The smallest absolute Gasteiger partial charge is 0.247 e. The maximum Gasteiger partial charge on any atom is 0.247 e. The van der Waals surface area contributed by atoms with Gasteiger partial charge >= 0.3 is 0 Å². The highest BCUT2D eigenvalue weighted by atomic mass is 79.9. The third-order valence-corrected chi connectivity index (χ3v) is 6.23. The molecular formula is C14H23BrN2O3S. The van der Waals surface area contributed by atoms with Gasteiger partial charge in [0.15, 0.2) is 4.67 Å². The Morgan fingerprint density at radius 2 is 2.10 bits per heavy atom. The summed E-state index contributed by atoms with van der Waals surface area (Å²) in [6.45, 7) is 6.06. The van der Waals surface area contributed by atoms with Gasteiger partial charge in [0.25, 0.3) is 0 Å². The molecule has 7 heteroatoms. The number of nitrogens with one attached hydrogen (secondary N) is 1. The van der Waals surface area contributed by atoms with Crippen molar-refractivity contribution in [1.82, 2.24) is 9.62 Å². The molecule has 21 heavy (non-hydrogen) atoms. The summed E-state index contributed by atoms with van der Waals surface area (Å²) in [4.78, 5) is 0.246. The fourth-order valence-corrected chi connectivity index (χ4v) is 5.00. The van der Waals surface area contributed by atoms with Crippen molar-refractivity contribution in [1.29, 1.82) is 0 Å². The first-order chi connectivity index (χ1) is 10.0. The van der Waals surface area contributed by atoms with Crippen molar-refractivity contribution < 1.29 is 12.8 Å². The van der Waals surface area contributed by atoms with E-state index >= 15 is 0 Å². The molecule has 0 atom stereocenters. The summed E-state index contributed by atoms with van der Waals surface area (Å²) in [7, 11) is -3.48. The number of rotatable bonds is 9. The van der Waals surface area contributed by atoms with Gasteiger partial charge in [-0.1, -0.05) is 13.8 Å². The van der Waals surface area contributed by atoms with Crippen LogP contribution >= 0.6 is 15.9 Å². The van der Waals surface area contributed by atoms with Gasteiger partial charge in [0.1, 0.15) is 10.7 Å². The molecule has 0 radical (unpaired) electrons. The zero-order valence-electron chi connectivity index (χ0n) is 12.6. The van der Waals surface area contributed by atoms with E-state index in [2.05, 4.69) is 28.2 Å². The van der Waals surface area contributed by atoms with Crippen molar-refractivity contribution in [2.24, 2.45) is 0 Å². The molecular weight excluding hydrogens is 356 g/mol. The molecule has 0 aromatic carbocycles. The molecule has 1 heterocycles.